The smallest absolute Gasteiger partial charge is 0.335 e. The van der Waals surface area contributed by atoms with Crippen molar-refractivity contribution >= 4 is 34.2 Å². The van der Waals surface area contributed by atoms with E-state index in [0.29, 0.717) is 6.61 Å². The van der Waals surface area contributed by atoms with Gasteiger partial charge in [0.05, 0.1) is 6.61 Å². The average molecular weight is 749 g/mol. The zero-order chi connectivity index (χ0) is 36.6. The first-order valence-corrected chi connectivity index (χ1v) is 26.6. The molecule has 6 atom stereocenters. The minimum Gasteiger partial charge on any atom is -0.414 e. The van der Waals surface area contributed by atoms with Gasteiger partial charge in [0.1, 0.15) is 43.4 Å². The van der Waals surface area contributed by atoms with E-state index in [1.165, 1.54) is 0 Å². The zero-order valence-electron chi connectivity index (χ0n) is 33.5. The largest absolute Gasteiger partial charge is 0.414 e. The molecule has 48 heavy (non-hydrogen) atoms. The molecule has 0 bridgehead atoms. The fourth-order valence-corrected chi connectivity index (χ4v) is 31.1. The summed E-state index contributed by atoms with van der Waals surface area (Å²) in [5.41, 5.74) is 1.30. The van der Waals surface area contributed by atoms with Gasteiger partial charge in [0.25, 0.3) is 0 Å². The number of hydrogen-bond donors (Lipinski definition) is 0. The molecule has 0 unspecified atom stereocenters. The molecule has 3 aliphatic rings. The number of fused-ring (bicyclic) bond motifs is 3. The molecule has 2 saturated heterocycles. The third-order valence-electron chi connectivity index (χ3n) is 11.1. The van der Waals surface area contributed by atoms with Crippen molar-refractivity contribution in [3.63, 3.8) is 0 Å². The predicted molar refractivity (Wildman–Crippen MR) is 202 cm³/mol. The predicted octanol–water partition coefficient (Wildman–Crippen LogP) is 9.21. The fraction of sp³-hybridized carbons (Fsp3) is 0.943. The highest BCUT2D eigenvalue weighted by Gasteiger charge is 2.70. The van der Waals surface area contributed by atoms with Crippen LogP contribution in [0.15, 0.2) is 12.7 Å². The second-order valence-corrected chi connectivity index (χ2v) is 34.4. The lowest BCUT2D eigenvalue weighted by atomic mass is 9.84. The lowest BCUT2D eigenvalue weighted by Crippen LogP contribution is -2.70. The minimum absolute atomic E-state index is 0.0727. The summed E-state index contributed by atoms with van der Waals surface area (Å²) in [7, 11) is -10.3. The third kappa shape index (κ3) is 7.51. The third-order valence-corrected chi connectivity index (χ3v) is 31.6. The van der Waals surface area contributed by atoms with E-state index in [0.717, 1.165) is 0 Å². The van der Waals surface area contributed by atoms with E-state index < -0.39 is 70.9 Å². The van der Waals surface area contributed by atoms with Gasteiger partial charge in [-0.1, -0.05) is 117 Å². The van der Waals surface area contributed by atoms with E-state index in [4.69, 9.17) is 40.1 Å². The lowest BCUT2D eigenvalue weighted by molar-refractivity contribution is -0.243. The molecule has 0 N–H and O–H groups in total. The molecule has 0 spiro atoms. The maximum atomic E-state index is 7.72. The summed E-state index contributed by atoms with van der Waals surface area (Å²) in [5, 5.41) is 0. The Hall–Kier alpha value is 0.248. The molecule has 3 rings (SSSR count). The second-order valence-electron chi connectivity index (χ2n) is 16.8. The molecule has 2 aliphatic heterocycles. The van der Waals surface area contributed by atoms with Crippen LogP contribution >= 0.6 is 0 Å². The monoisotopic (exact) mass is 748 g/mol. The molecule has 0 aromatic rings. The first kappa shape index (κ1) is 42.7. The summed E-state index contributed by atoms with van der Waals surface area (Å²) >= 11 is 0. The normalized spacial score (nSPS) is 31.5. The van der Waals surface area contributed by atoms with Crippen molar-refractivity contribution in [1.82, 2.24) is 0 Å². The summed E-state index contributed by atoms with van der Waals surface area (Å²) < 4.78 is 65.0. The van der Waals surface area contributed by atoms with Crippen LogP contribution in [0.25, 0.3) is 0 Å². The van der Waals surface area contributed by atoms with E-state index >= 15 is 0 Å². The zero-order valence-corrected chi connectivity index (χ0v) is 37.5. The Morgan fingerprint density at radius 2 is 0.750 bits per heavy atom. The Labute approximate surface area is 298 Å². The molecule has 282 valence electrons. The Morgan fingerprint density at radius 3 is 1.00 bits per heavy atom. The highest BCUT2D eigenvalue weighted by molar-refractivity contribution is 6.85. The highest BCUT2D eigenvalue weighted by atomic mass is 28.5. The van der Waals surface area contributed by atoms with Crippen molar-refractivity contribution in [3.05, 3.63) is 12.7 Å². The van der Waals surface area contributed by atoms with Crippen molar-refractivity contribution < 1.29 is 40.1 Å². The van der Waals surface area contributed by atoms with Gasteiger partial charge >= 0.3 is 34.2 Å². The molecule has 1 aliphatic carbocycles. The van der Waals surface area contributed by atoms with Gasteiger partial charge in [-0.3, -0.25) is 0 Å². The molecule has 9 nitrogen and oxygen atoms in total. The molecule has 13 heteroatoms. The average Bonchev–Trinajstić information content (AvgIpc) is 3.27. The van der Waals surface area contributed by atoms with Crippen LogP contribution in [0.1, 0.15) is 111 Å². The van der Waals surface area contributed by atoms with E-state index in [-0.39, 0.29) is 51.1 Å². The van der Waals surface area contributed by atoms with Gasteiger partial charge in [0.2, 0.25) is 0 Å². The van der Waals surface area contributed by atoms with Gasteiger partial charge in [0.15, 0.2) is 0 Å². The summed E-state index contributed by atoms with van der Waals surface area (Å²) in [6.45, 7) is 40.4. The Morgan fingerprint density at radius 1 is 0.479 bits per heavy atom. The maximum absolute atomic E-state index is 7.72. The van der Waals surface area contributed by atoms with Gasteiger partial charge in [-0.2, -0.15) is 0 Å². The van der Waals surface area contributed by atoms with Crippen LogP contribution in [0, 0.1) is 0 Å². The molecule has 3 fully saturated rings. The number of hydrogen-bond acceptors (Lipinski definition) is 9. The van der Waals surface area contributed by atoms with Crippen LogP contribution in [0.5, 0.6) is 0 Å². The Kier molecular flexibility index (Phi) is 14.7. The SMILES string of the molecule is C=CCO[C@H]1[C@H](OCOC)[C@@H]2O[Si](C(C)C)(C(C)C)O[Si](C(C)C)(C(C)C)O[C@H]2[C@@H]2O[Si](C(C)C)(C(C)C)O[Si](C(C)C)(C(C)C)O[C@@H]12. The van der Waals surface area contributed by atoms with Crippen molar-refractivity contribution in [2.24, 2.45) is 0 Å². The van der Waals surface area contributed by atoms with E-state index in [1.807, 2.05) is 0 Å². The minimum atomic E-state index is -2.99. The topological polar surface area (TPSA) is 83.1 Å². The standard InChI is InChI=1S/C35H72O9Si4/c1-19-20-37-30-31(38-21-36-18)33-35(42-48(28(14)15,29(16)17)44-46(40-33,24(6)7)25(8)9)34-32(30)39-45(22(2)3,23(4)5)43-47(41-34,26(10)11)27(12)13/h19,22-35H,1,20-21H2,2-18H3/t30-,31-,32-,33-,34+,35+/m0/s1. The molecular formula is C35H72O9Si4. The molecule has 2 heterocycles. The molecule has 1 saturated carbocycles. The molecular weight excluding hydrogens is 677 g/mol. The number of rotatable bonds is 14. The van der Waals surface area contributed by atoms with Crippen LogP contribution in [0.4, 0.5) is 0 Å². The van der Waals surface area contributed by atoms with Gasteiger partial charge in [-0.25, -0.2) is 0 Å². The quantitative estimate of drug-likeness (QED) is 0.0981. The molecule has 0 aromatic heterocycles. The molecule has 0 aromatic carbocycles. The van der Waals surface area contributed by atoms with E-state index in [1.54, 1.807) is 13.2 Å². The van der Waals surface area contributed by atoms with Crippen molar-refractivity contribution in [3.8, 4) is 0 Å². The van der Waals surface area contributed by atoms with Gasteiger partial charge in [-0.15, -0.1) is 6.58 Å². The van der Waals surface area contributed by atoms with Gasteiger partial charge in [0, 0.05) is 7.11 Å². The summed E-state index contributed by atoms with van der Waals surface area (Å²) in [6.07, 6.45) is -1.46. The van der Waals surface area contributed by atoms with Crippen LogP contribution in [-0.4, -0.2) is 91.4 Å². The van der Waals surface area contributed by atoms with Crippen LogP contribution in [0.3, 0.4) is 0 Å². The van der Waals surface area contributed by atoms with Crippen molar-refractivity contribution in [2.45, 2.75) is 192 Å². The van der Waals surface area contributed by atoms with Crippen LogP contribution in [0.2, 0.25) is 44.3 Å². The second kappa shape index (κ2) is 16.5. The summed E-state index contributed by atoms with van der Waals surface area (Å²) in [5.74, 6) is 0. The van der Waals surface area contributed by atoms with Gasteiger partial charge < -0.3 is 40.1 Å². The van der Waals surface area contributed by atoms with Crippen molar-refractivity contribution in [2.75, 3.05) is 20.5 Å². The first-order valence-electron chi connectivity index (χ1n) is 18.7. The Bertz CT molecular complexity index is 1010. The van der Waals surface area contributed by atoms with Gasteiger partial charge in [-0.05, 0) is 44.3 Å². The number of methoxy groups -OCH3 is 1. The lowest BCUT2D eigenvalue weighted by Gasteiger charge is -2.52. The van der Waals surface area contributed by atoms with Crippen LogP contribution in [-0.2, 0) is 40.1 Å². The van der Waals surface area contributed by atoms with Crippen molar-refractivity contribution in [1.29, 1.82) is 0 Å². The summed E-state index contributed by atoms with van der Waals surface area (Å²) in [6, 6.07) is 0. The molecule has 0 radical (unpaired) electrons. The number of ether oxygens (including phenoxy) is 3. The highest BCUT2D eigenvalue weighted by Crippen LogP contribution is 2.54. The fourth-order valence-electron chi connectivity index (χ4n) is 8.51. The summed E-state index contributed by atoms with van der Waals surface area (Å²) in [4.78, 5) is 0. The maximum Gasteiger partial charge on any atom is 0.335 e. The Balaban J connectivity index is 2.49. The molecule has 0 amide bonds. The first-order chi connectivity index (χ1) is 22.2. The van der Waals surface area contributed by atoms with E-state index in [2.05, 4.69) is 117 Å². The van der Waals surface area contributed by atoms with E-state index in [9.17, 15) is 0 Å². The van der Waals surface area contributed by atoms with Crippen LogP contribution < -0.4 is 0 Å².